The van der Waals surface area contributed by atoms with Crippen LogP contribution >= 0.6 is 22.9 Å². The third-order valence-corrected chi connectivity index (χ3v) is 4.43. The van der Waals surface area contributed by atoms with Gasteiger partial charge >= 0.3 is 0 Å². The van der Waals surface area contributed by atoms with Crippen molar-refractivity contribution in [3.8, 4) is 0 Å². The molecule has 0 saturated heterocycles. The van der Waals surface area contributed by atoms with E-state index in [1.807, 2.05) is 18.4 Å². The molecular weight excluding hydrogens is 295 g/mol. The number of rotatable bonds is 6. The van der Waals surface area contributed by atoms with Crippen molar-refractivity contribution in [1.29, 1.82) is 0 Å². The molecule has 0 aliphatic carbocycles. The van der Waals surface area contributed by atoms with Crippen LogP contribution in [0.5, 0.6) is 0 Å². The standard InChI is InChI=1S/C15H18ClFN2S/c1-3-7-18-13(8-14-19-10(2)9-20-14)11-5-4-6-12(17)15(11)16/h4-6,9,13,18H,3,7-8H2,1-2H3. The third-order valence-electron chi connectivity index (χ3n) is 3.04. The molecular formula is C15H18ClFN2S. The van der Waals surface area contributed by atoms with Gasteiger partial charge in [0.25, 0.3) is 0 Å². The van der Waals surface area contributed by atoms with Crippen molar-refractivity contribution in [3.05, 3.63) is 50.7 Å². The third kappa shape index (κ3) is 3.78. The molecule has 0 aliphatic heterocycles. The first-order valence-corrected chi connectivity index (χ1v) is 7.96. The van der Waals surface area contributed by atoms with Gasteiger partial charge in [-0.1, -0.05) is 30.7 Å². The van der Waals surface area contributed by atoms with Gasteiger partial charge in [-0.2, -0.15) is 0 Å². The Labute approximate surface area is 128 Å². The molecule has 1 unspecified atom stereocenters. The van der Waals surface area contributed by atoms with Gasteiger partial charge < -0.3 is 5.32 Å². The first kappa shape index (κ1) is 15.4. The molecule has 0 aliphatic rings. The van der Waals surface area contributed by atoms with Crippen LogP contribution in [0.2, 0.25) is 5.02 Å². The van der Waals surface area contributed by atoms with E-state index < -0.39 is 0 Å². The summed E-state index contributed by atoms with van der Waals surface area (Å²) in [6.45, 7) is 4.94. The first-order valence-electron chi connectivity index (χ1n) is 6.70. The number of benzene rings is 1. The molecule has 1 aromatic carbocycles. The Morgan fingerprint density at radius 2 is 2.25 bits per heavy atom. The molecule has 2 nitrogen and oxygen atoms in total. The number of nitrogens with zero attached hydrogens (tertiary/aromatic N) is 1. The summed E-state index contributed by atoms with van der Waals surface area (Å²) in [5.74, 6) is -0.372. The largest absolute Gasteiger partial charge is 0.310 e. The average molecular weight is 313 g/mol. The molecule has 1 N–H and O–H groups in total. The highest BCUT2D eigenvalue weighted by molar-refractivity contribution is 7.09. The van der Waals surface area contributed by atoms with Crippen molar-refractivity contribution in [2.75, 3.05) is 6.54 Å². The normalized spacial score (nSPS) is 12.6. The van der Waals surface area contributed by atoms with Crippen molar-refractivity contribution in [2.45, 2.75) is 32.7 Å². The molecule has 20 heavy (non-hydrogen) atoms. The highest BCUT2D eigenvalue weighted by atomic mass is 35.5. The number of nitrogens with one attached hydrogen (secondary N) is 1. The van der Waals surface area contributed by atoms with Crippen molar-refractivity contribution >= 4 is 22.9 Å². The Kier molecular flexibility index (Phi) is 5.52. The molecule has 1 heterocycles. The maximum absolute atomic E-state index is 13.6. The van der Waals surface area contributed by atoms with Gasteiger partial charge in [0.1, 0.15) is 5.82 Å². The number of halogens is 2. The van der Waals surface area contributed by atoms with E-state index in [1.54, 1.807) is 17.4 Å². The Balaban J connectivity index is 2.24. The summed E-state index contributed by atoms with van der Waals surface area (Å²) in [5, 5.41) is 6.70. The Hall–Kier alpha value is -0.970. The van der Waals surface area contributed by atoms with Gasteiger partial charge in [-0.15, -0.1) is 11.3 Å². The summed E-state index contributed by atoms with van der Waals surface area (Å²) in [6.07, 6.45) is 1.74. The summed E-state index contributed by atoms with van der Waals surface area (Å²) >= 11 is 7.73. The molecule has 108 valence electrons. The lowest BCUT2D eigenvalue weighted by molar-refractivity contribution is 0.523. The number of aromatic nitrogens is 1. The van der Waals surface area contributed by atoms with Crippen LogP contribution in [0.25, 0.3) is 0 Å². The molecule has 0 radical (unpaired) electrons. The lowest BCUT2D eigenvalue weighted by Crippen LogP contribution is -2.24. The van der Waals surface area contributed by atoms with Crippen molar-refractivity contribution in [3.63, 3.8) is 0 Å². The maximum atomic E-state index is 13.6. The molecule has 0 bridgehead atoms. The van der Waals surface area contributed by atoms with E-state index in [4.69, 9.17) is 11.6 Å². The zero-order valence-corrected chi connectivity index (χ0v) is 13.2. The summed E-state index contributed by atoms with van der Waals surface area (Å²) in [6, 6.07) is 4.95. The molecule has 0 saturated carbocycles. The molecule has 2 aromatic rings. The van der Waals surface area contributed by atoms with Crippen LogP contribution in [0.3, 0.4) is 0 Å². The second kappa shape index (κ2) is 7.16. The number of aryl methyl sites for hydroxylation is 1. The number of hydrogen-bond donors (Lipinski definition) is 1. The minimum atomic E-state index is -0.372. The Bertz CT molecular complexity index is 571. The van der Waals surface area contributed by atoms with Gasteiger partial charge in [-0.3, -0.25) is 0 Å². The van der Waals surface area contributed by atoms with Gasteiger partial charge in [-0.05, 0) is 31.5 Å². The van der Waals surface area contributed by atoms with Gasteiger partial charge in [0.05, 0.1) is 10.0 Å². The molecule has 0 spiro atoms. The van der Waals surface area contributed by atoms with Crippen molar-refractivity contribution < 1.29 is 4.39 Å². The maximum Gasteiger partial charge on any atom is 0.142 e. The summed E-state index contributed by atoms with van der Waals surface area (Å²) in [7, 11) is 0. The zero-order valence-electron chi connectivity index (χ0n) is 11.6. The van der Waals surface area contributed by atoms with E-state index in [1.165, 1.54) is 6.07 Å². The van der Waals surface area contributed by atoms with Crippen molar-refractivity contribution in [2.24, 2.45) is 0 Å². The lowest BCUT2D eigenvalue weighted by atomic mass is 10.0. The highest BCUT2D eigenvalue weighted by Gasteiger charge is 2.18. The molecule has 0 fully saturated rings. The minimum Gasteiger partial charge on any atom is -0.310 e. The van der Waals surface area contributed by atoms with E-state index in [0.29, 0.717) is 0 Å². The summed E-state index contributed by atoms with van der Waals surface area (Å²) in [4.78, 5) is 4.48. The molecule has 2 rings (SSSR count). The predicted octanol–water partition coefficient (Wildman–Crippen LogP) is 4.53. The fraction of sp³-hybridized carbons (Fsp3) is 0.400. The van der Waals surface area contributed by atoms with Gasteiger partial charge in [0, 0.05) is 23.5 Å². The van der Waals surface area contributed by atoms with Crippen LogP contribution in [-0.4, -0.2) is 11.5 Å². The molecule has 0 amide bonds. The smallest absolute Gasteiger partial charge is 0.142 e. The van der Waals surface area contributed by atoms with E-state index in [9.17, 15) is 4.39 Å². The van der Waals surface area contributed by atoms with Crippen LogP contribution < -0.4 is 5.32 Å². The molecule has 5 heteroatoms. The van der Waals surface area contributed by atoms with Crippen LogP contribution in [-0.2, 0) is 6.42 Å². The Morgan fingerprint density at radius 1 is 1.45 bits per heavy atom. The van der Waals surface area contributed by atoms with Crippen LogP contribution in [0.15, 0.2) is 23.6 Å². The van der Waals surface area contributed by atoms with Gasteiger partial charge in [0.15, 0.2) is 0 Å². The summed E-state index contributed by atoms with van der Waals surface area (Å²) in [5.41, 5.74) is 1.82. The van der Waals surface area contributed by atoms with Gasteiger partial charge in [0.2, 0.25) is 0 Å². The van der Waals surface area contributed by atoms with Crippen LogP contribution in [0.1, 0.15) is 35.7 Å². The topological polar surface area (TPSA) is 24.9 Å². The Morgan fingerprint density at radius 3 is 2.90 bits per heavy atom. The average Bonchev–Trinajstić information content (AvgIpc) is 2.83. The fourth-order valence-corrected chi connectivity index (χ4v) is 3.15. The zero-order chi connectivity index (χ0) is 14.5. The molecule has 1 aromatic heterocycles. The van der Waals surface area contributed by atoms with Crippen LogP contribution in [0.4, 0.5) is 4.39 Å². The van der Waals surface area contributed by atoms with E-state index in [2.05, 4.69) is 17.2 Å². The quantitative estimate of drug-likeness (QED) is 0.848. The lowest BCUT2D eigenvalue weighted by Gasteiger charge is -2.19. The molecule has 1 atom stereocenters. The predicted molar refractivity (Wildman–Crippen MR) is 83.0 cm³/mol. The van der Waals surface area contributed by atoms with Gasteiger partial charge in [-0.25, -0.2) is 9.37 Å². The second-order valence-corrected chi connectivity index (χ2v) is 6.06. The number of thiazole rings is 1. The monoisotopic (exact) mass is 312 g/mol. The van der Waals surface area contributed by atoms with Crippen LogP contribution in [0, 0.1) is 12.7 Å². The summed E-state index contributed by atoms with van der Waals surface area (Å²) < 4.78 is 13.6. The van der Waals surface area contributed by atoms with E-state index in [-0.39, 0.29) is 16.9 Å². The number of hydrogen-bond acceptors (Lipinski definition) is 3. The SMILES string of the molecule is CCCNC(Cc1nc(C)cs1)c1cccc(F)c1Cl. The second-order valence-electron chi connectivity index (χ2n) is 4.74. The van der Waals surface area contributed by atoms with Crippen molar-refractivity contribution in [1.82, 2.24) is 10.3 Å². The van der Waals surface area contributed by atoms with E-state index >= 15 is 0 Å². The van der Waals surface area contributed by atoms with E-state index in [0.717, 1.165) is 35.7 Å². The minimum absolute atomic E-state index is 0.0105. The first-order chi connectivity index (χ1) is 9.61. The fourth-order valence-electron chi connectivity index (χ4n) is 2.07. The highest BCUT2D eigenvalue weighted by Crippen LogP contribution is 2.28.